The molecular weight excluding hydrogens is 265 g/mol. The van der Waals surface area contributed by atoms with Crippen molar-refractivity contribution < 1.29 is 14.7 Å². The number of rotatable bonds is 3. The highest BCUT2D eigenvalue weighted by Crippen LogP contribution is 2.28. The molecule has 0 aliphatic rings. The van der Waals surface area contributed by atoms with Gasteiger partial charge in [0.15, 0.2) is 0 Å². The van der Waals surface area contributed by atoms with E-state index in [0.717, 1.165) is 0 Å². The van der Waals surface area contributed by atoms with Crippen molar-refractivity contribution in [1.82, 2.24) is 4.98 Å². The van der Waals surface area contributed by atoms with Gasteiger partial charge in [-0.1, -0.05) is 11.6 Å². The van der Waals surface area contributed by atoms with E-state index in [0.29, 0.717) is 21.5 Å². The fourth-order valence-electron chi connectivity index (χ4n) is 1.76. The number of aromatic nitrogens is 1. The Balaban J connectivity index is 2.72. The van der Waals surface area contributed by atoms with Crippen LogP contribution in [0.2, 0.25) is 5.02 Å². The molecule has 1 aromatic carbocycles. The molecule has 1 aromatic heterocycles. The maximum Gasteiger partial charge on any atom is 0.307 e. The van der Waals surface area contributed by atoms with Gasteiger partial charge in [-0.3, -0.25) is 9.59 Å². The van der Waals surface area contributed by atoms with Gasteiger partial charge in [-0.2, -0.15) is 0 Å². The number of carbonyl (C=O) groups excluding carboxylic acids is 1. The molecule has 0 bridgehead atoms. The molecule has 2 rings (SSSR count). The summed E-state index contributed by atoms with van der Waals surface area (Å²) in [5.74, 6) is -0.978. The molecule has 0 spiro atoms. The Labute approximate surface area is 106 Å². The Morgan fingerprint density at radius 1 is 1.35 bits per heavy atom. The third-order valence-corrected chi connectivity index (χ3v) is 2.80. The van der Waals surface area contributed by atoms with Crippen LogP contribution in [0.5, 0.6) is 0 Å². The minimum atomic E-state index is -0.978. The monoisotopic (exact) mass is 271 g/mol. The van der Waals surface area contributed by atoms with Gasteiger partial charge < -0.3 is 10.1 Å². The lowest BCUT2D eigenvalue weighted by Gasteiger charge is -2.01. The Bertz CT molecular complexity index is 618. The Morgan fingerprint density at radius 2 is 2.06 bits per heavy atom. The quantitative estimate of drug-likeness (QED) is 0.844. The van der Waals surface area contributed by atoms with Crippen LogP contribution in [0.25, 0.3) is 10.9 Å². The number of carbonyl (C=O) groups is 2. The van der Waals surface area contributed by atoms with E-state index in [1.54, 1.807) is 12.3 Å². The lowest BCUT2D eigenvalue weighted by atomic mass is 10.1. The lowest BCUT2D eigenvalue weighted by molar-refractivity contribution is -0.136. The smallest absolute Gasteiger partial charge is 0.307 e. The van der Waals surface area contributed by atoms with Crippen molar-refractivity contribution in [2.75, 3.05) is 0 Å². The molecule has 0 atom stereocenters. The van der Waals surface area contributed by atoms with Crippen molar-refractivity contribution in [3.05, 3.63) is 34.5 Å². The first-order chi connectivity index (χ1) is 7.99. The summed E-state index contributed by atoms with van der Waals surface area (Å²) in [7, 11) is 0. The van der Waals surface area contributed by atoms with E-state index in [2.05, 4.69) is 4.98 Å². The van der Waals surface area contributed by atoms with Gasteiger partial charge in [-0.25, -0.2) is 0 Å². The molecule has 0 amide bonds. The summed E-state index contributed by atoms with van der Waals surface area (Å²) in [5.41, 5.74) is 1.32. The number of carboxylic acid groups (broad SMARTS) is 1. The second-order valence-electron chi connectivity index (χ2n) is 3.53. The van der Waals surface area contributed by atoms with Crippen molar-refractivity contribution in [3.63, 3.8) is 0 Å². The SMILES string of the molecule is O=C(O)Cc1c[nH]c2cc(Cl)cc(C(=O)Cl)c12. The number of halogens is 2. The van der Waals surface area contributed by atoms with Crippen LogP contribution in [0.3, 0.4) is 0 Å². The topological polar surface area (TPSA) is 70.2 Å². The van der Waals surface area contributed by atoms with Crippen molar-refractivity contribution in [1.29, 1.82) is 0 Å². The molecule has 0 fully saturated rings. The Hall–Kier alpha value is -1.52. The summed E-state index contributed by atoms with van der Waals surface area (Å²) >= 11 is 11.3. The van der Waals surface area contributed by atoms with Gasteiger partial charge in [0, 0.05) is 27.7 Å². The van der Waals surface area contributed by atoms with E-state index in [1.165, 1.54) is 6.07 Å². The first-order valence-corrected chi connectivity index (χ1v) is 5.45. The van der Waals surface area contributed by atoms with Crippen LogP contribution in [-0.4, -0.2) is 21.3 Å². The van der Waals surface area contributed by atoms with Gasteiger partial charge in [0.2, 0.25) is 0 Å². The molecule has 0 aliphatic carbocycles. The molecule has 2 aromatic rings. The number of fused-ring (bicyclic) bond motifs is 1. The third-order valence-electron chi connectivity index (χ3n) is 2.38. The number of aliphatic carboxylic acids is 1. The number of benzene rings is 1. The second-order valence-corrected chi connectivity index (χ2v) is 4.31. The van der Waals surface area contributed by atoms with Gasteiger partial charge >= 0.3 is 5.97 Å². The molecule has 0 aliphatic heterocycles. The number of carboxylic acids is 1. The minimum Gasteiger partial charge on any atom is -0.481 e. The third kappa shape index (κ3) is 2.28. The molecule has 6 heteroatoms. The summed E-state index contributed by atoms with van der Waals surface area (Å²) in [5, 5.41) is 8.98. The molecule has 1 heterocycles. The molecule has 88 valence electrons. The van der Waals surface area contributed by atoms with Gasteiger partial charge in [0.1, 0.15) is 0 Å². The first kappa shape index (κ1) is 12.0. The number of hydrogen-bond donors (Lipinski definition) is 2. The predicted octanol–water partition coefficient (Wildman–Crippen LogP) is 2.83. The second kappa shape index (κ2) is 4.39. The highest BCUT2D eigenvalue weighted by atomic mass is 35.5. The summed E-state index contributed by atoms with van der Waals surface area (Å²) < 4.78 is 0. The van der Waals surface area contributed by atoms with E-state index in [1.807, 2.05) is 0 Å². The van der Waals surface area contributed by atoms with E-state index >= 15 is 0 Å². The zero-order valence-corrected chi connectivity index (χ0v) is 9.97. The summed E-state index contributed by atoms with van der Waals surface area (Å²) in [6, 6.07) is 3.05. The highest BCUT2D eigenvalue weighted by molar-refractivity contribution is 6.68. The van der Waals surface area contributed by atoms with Crippen LogP contribution in [0.1, 0.15) is 15.9 Å². The molecule has 2 N–H and O–H groups in total. The van der Waals surface area contributed by atoms with Crippen LogP contribution in [0.4, 0.5) is 0 Å². The summed E-state index contributed by atoms with van der Waals surface area (Å²) in [6.45, 7) is 0. The first-order valence-electron chi connectivity index (χ1n) is 4.70. The average Bonchev–Trinajstić information content (AvgIpc) is 2.59. The fourth-order valence-corrected chi connectivity index (χ4v) is 2.13. The molecule has 0 saturated heterocycles. The van der Waals surface area contributed by atoms with Crippen LogP contribution in [0.15, 0.2) is 18.3 Å². The van der Waals surface area contributed by atoms with E-state index in [4.69, 9.17) is 28.3 Å². The predicted molar refractivity (Wildman–Crippen MR) is 64.8 cm³/mol. The minimum absolute atomic E-state index is 0.182. The lowest BCUT2D eigenvalue weighted by Crippen LogP contribution is -2.00. The maximum absolute atomic E-state index is 11.3. The Morgan fingerprint density at radius 3 is 2.65 bits per heavy atom. The number of aromatic amines is 1. The van der Waals surface area contributed by atoms with Crippen LogP contribution >= 0.6 is 23.2 Å². The zero-order valence-electron chi connectivity index (χ0n) is 8.46. The van der Waals surface area contributed by atoms with E-state index in [-0.39, 0.29) is 12.0 Å². The summed E-state index contributed by atoms with van der Waals surface area (Å²) in [6.07, 6.45) is 1.36. The molecule has 0 unspecified atom stereocenters. The molecule has 0 saturated carbocycles. The fraction of sp³-hybridized carbons (Fsp3) is 0.0909. The molecular formula is C11H7Cl2NO3. The maximum atomic E-state index is 11.3. The van der Waals surface area contributed by atoms with E-state index < -0.39 is 11.2 Å². The summed E-state index contributed by atoms with van der Waals surface area (Å²) in [4.78, 5) is 24.9. The van der Waals surface area contributed by atoms with Crippen molar-refractivity contribution in [2.24, 2.45) is 0 Å². The zero-order chi connectivity index (χ0) is 12.6. The standard InChI is InChI=1S/C11H7Cl2NO3/c12-6-2-7(11(13)17)10-5(1-9(15)16)4-14-8(10)3-6/h2-4,14H,1H2,(H,15,16). The van der Waals surface area contributed by atoms with Gasteiger partial charge in [0.25, 0.3) is 5.24 Å². The van der Waals surface area contributed by atoms with Crippen LogP contribution < -0.4 is 0 Å². The average molecular weight is 272 g/mol. The molecule has 0 radical (unpaired) electrons. The van der Waals surface area contributed by atoms with Crippen LogP contribution in [0, 0.1) is 0 Å². The molecule has 4 nitrogen and oxygen atoms in total. The van der Waals surface area contributed by atoms with Gasteiger partial charge in [0.05, 0.1) is 6.42 Å². The normalized spacial score (nSPS) is 10.7. The number of hydrogen-bond acceptors (Lipinski definition) is 2. The molecule has 17 heavy (non-hydrogen) atoms. The van der Waals surface area contributed by atoms with Gasteiger partial charge in [-0.05, 0) is 29.3 Å². The van der Waals surface area contributed by atoms with E-state index in [9.17, 15) is 9.59 Å². The van der Waals surface area contributed by atoms with Crippen molar-refractivity contribution in [3.8, 4) is 0 Å². The van der Waals surface area contributed by atoms with Gasteiger partial charge in [-0.15, -0.1) is 0 Å². The Kier molecular flexibility index (Phi) is 3.09. The number of nitrogens with one attached hydrogen (secondary N) is 1. The van der Waals surface area contributed by atoms with Crippen LogP contribution in [-0.2, 0) is 11.2 Å². The number of H-pyrrole nitrogens is 1. The largest absolute Gasteiger partial charge is 0.481 e. The van der Waals surface area contributed by atoms with Crippen molar-refractivity contribution >= 4 is 45.3 Å². The van der Waals surface area contributed by atoms with Crippen molar-refractivity contribution in [2.45, 2.75) is 6.42 Å². The highest BCUT2D eigenvalue weighted by Gasteiger charge is 2.16.